The van der Waals surface area contributed by atoms with E-state index in [2.05, 4.69) is 59.3 Å². The van der Waals surface area contributed by atoms with E-state index >= 15 is 0 Å². The second kappa shape index (κ2) is 9.35. The van der Waals surface area contributed by atoms with E-state index in [4.69, 9.17) is 4.74 Å². The number of methoxy groups -OCH3 is 1. The number of rotatable bonds is 6. The van der Waals surface area contributed by atoms with Crippen LogP contribution in [0.25, 0.3) is 10.9 Å². The quantitative estimate of drug-likeness (QED) is 0.359. The number of piperidine rings is 1. The van der Waals surface area contributed by atoms with E-state index in [1.54, 1.807) is 19.2 Å². The Morgan fingerprint density at radius 2 is 1.85 bits per heavy atom. The van der Waals surface area contributed by atoms with Gasteiger partial charge in [-0.3, -0.25) is 4.90 Å². The Bertz CT molecular complexity index is 1290. The summed E-state index contributed by atoms with van der Waals surface area (Å²) in [6.45, 7) is 3.82. The smallest absolute Gasteiger partial charge is 0.335 e. The third-order valence-electron chi connectivity index (χ3n) is 7.22. The Morgan fingerprint density at radius 1 is 1.09 bits per heavy atom. The molecule has 2 N–H and O–H groups in total. The van der Waals surface area contributed by atoms with E-state index < -0.39 is 5.97 Å². The number of H-pyrrole nitrogens is 1. The molecule has 1 fully saturated rings. The van der Waals surface area contributed by atoms with Crippen LogP contribution in [0.2, 0.25) is 0 Å². The molecule has 5 rings (SSSR count). The van der Waals surface area contributed by atoms with Crippen molar-refractivity contribution in [3.63, 3.8) is 0 Å². The Morgan fingerprint density at radius 3 is 2.56 bits per heavy atom. The molecule has 0 saturated carbocycles. The number of nitrogens with zero attached hydrogens (tertiary/aromatic N) is 1. The molecule has 5 nitrogen and oxygen atoms in total. The Hall–Kier alpha value is -3.57. The molecule has 2 atom stereocenters. The lowest BCUT2D eigenvalue weighted by Crippen LogP contribution is -2.36. The van der Waals surface area contributed by atoms with Gasteiger partial charge in [-0.05, 0) is 73.2 Å². The average molecular weight is 455 g/mol. The second-order valence-corrected chi connectivity index (χ2v) is 9.19. The fourth-order valence-corrected chi connectivity index (χ4v) is 5.41. The predicted octanol–water partition coefficient (Wildman–Crippen LogP) is 6.30. The number of fused-ring (bicyclic) bond motifs is 1. The summed E-state index contributed by atoms with van der Waals surface area (Å²) < 4.78 is 5.81. The molecule has 5 heteroatoms. The minimum Gasteiger partial charge on any atom is -0.496 e. The maximum absolute atomic E-state index is 11.4. The summed E-state index contributed by atoms with van der Waals surface area (Å²) in [4.78, 5) is 17.3. The summed E-state index contributed by atoms with van der Waals surface area (Å²) in [5.41, 5.74) is 6.36. The topological polar surface area (TPSA) is 65.6 Å². The molecule has 34 heavy (non-hydrogen) atoms. The number of aryl methyl sites for hydroxylation is 1. The molecule has 0 radical (unpaired) electrons. The monoisotopic (exact) mass is 454 g/mol. The summed E-state index contributed by atoms with van der Waals surface area (Å²) in [5.74, 6) is 0.483. The van der Waals surface area contributed by atoms with E-state index in [9.17, 15) is 9.90 Å². The van der Waals surface area contributed by atoms with Gasteiger partial charge in [-0.15, -0.1) is 0 Å². The number of likely N-dealkylation sites (tertiary alicyclic amines) is 1. The number of hydrogen-bond acceptors (Lipinski definition) is 3. The number of carboxylic acid groups (broad SMARTS) is 1. The molecule has 1 aliphatic heterocycles. The van der Waals surface area contributed by atoms with Crippen LogP contribution in [-0.2, 0) is 6.54 Å². The van der Waals surface area contributed by atoms with Crippen molar-refractivity contribution in [3.8, 4) is 5.75 Å². The van der Waals surface area contributed by atoms with Crippen molar-refractivity contribution in [2.24, 2.45) is 0 Å². The van der Waals surface area contributed by atoms with Crippen LogP contribution in [0.3, 0.4) is 0 Å². The van der Waals surface area contributed by atoms with E-state index in [1.165, 1.54) is 22.1 Å². The van der Waals surface area contributed by atoms with Crippen molar-refractivity contribution in [2.75, 3.05) is 13.7 Å². The van der Waals surface area contributed by atoms with Crippen molar-refractivity contribution in [3.05, 3.63) is 101 Å². The van der Waals surface area contributed by atoms with Crippen LogP contribution in [0, 0.1) is 6.92 Å². The highest BCUT2D eigenvalue weighted by molar-refractivity contribution is 5.88. The van der Waals surface area contributed by atoms with Gasteiger partial charge in [0.25, 0.3) is 0 Å². The molecule has 1 saturated heterocycles. The van der Waals surface area contributed by atoms with Crippen LogP contribution in [0.5, 0.6) is 5.75 Å². The van der Waals surface area contributed by atoms with E-state index in [-0.39, 0.29) is 6.04 Å². The first-order chi connectivity index (χ1) is 16.5. The highest BCUT2D eigenvalue weighted by atomic mass is 16.5. The Labute approximate surface area is 200 Å². The van der Waals surface area contributed by atoms with Crippen LogP contribution in [-0.4, -0.2) is 34.6 Å². The average Bonchev–Trinajstić information content (AvgIpc) is 3.37. The molecular formula is C29H30N2O3. The third-order valence-corrected chi connectivity index (χ3v) is 7.22. The molecular weight excluding hydrogens is 424 g/mol. The van der Waals surface area contributed by atoms with Gasteiger partial charge in [-0.1, -0.05) is 42.5 Å². The van der Waals surface area contributed by atoms with Gasteiger partial charge in [0.2, 0.25) is 0 Å². The number of carboxylic acids is 1. The van der Waals surface area contributed by atoms with E-state index in [0.717, 1.165) is 42.8 Å². The van der Waals surface area contributed by atoms with Crippen molar-refractivity contribution in [2.45, 2.75) is 38.3 Å². The fourth-order valence-electron chi connectivity index (χ4n) is 5.41. The number of benzene rings is 3. The molecule has 0 amide bonds. The SMILES string of the molecule is COc1cc(C)c2[nH]ccc2c1CN1CCC(c2ccccc2)C[C@@H]1c1ccc(C(=O)O)cc1. The summed E-state index contributed by atoms with van der Waals surface area (Å²) in [5, 5.41) is 10.6. The van der Waals surface area contributed by atoms with E-state index in [0.29, 0.717) is 11.5 Å². The van der Waals surface area contributed by atoms with Crippen LogP contribution in [0.4, 0.5) is 0 Å². The van der Waals surface area contributed by atoms with Crippen molar-refractivity contribution < 1.29 is 14.6 Å². The van der Waals surface area contributed by atoms with Gasteiger partial charge in [0.05, 0.1) is 12.7 Å². The standard InChI is InChI=1S/C29H30N2O3/c1-19-16-27(34-2)25(24-12-14-30-28(19)24)18-31-15-13-23(20-6-4-3-5-7-20)17-26(31)21-8-10-22(11-9-21)29(32)33/h3-12,14,16,23,26,30H,13,15,17-18H2,1-2H3,(H,32,33)/t23?,26-/m1/s1. The van der Waals surface area contributed by atoms with Gasteiger partial charge in [0.1, 0.15) is 5.75 Å². The predicted molar refractivity (Wildman–Crippen MR) is 135 cm³/mol. The lowest BCUT2D eigenvalue weighted by atomic mass is 9.82. The zero-order valence-corrected chi connectivity index (χ0v) is 19.6. The van der Waals surface area contributed by atoms with Gasteiger partial charge < -0.3 is 14.8 Å². The van der Waals surface area contributed by atoms with Crippen LogP contribution >= 0.6 is 0 Å². The number of hydrogen-bond donors (Lipinski definition) is 2. The normalized spacial score (nSPS) is 18.8. The van der Waals surface area contributed by atoms with Crippen molar-refractivity contribution >= 4 is 16.9 Å². The van der Waals surface area contributed by atoms with Gasteiger partial charge in [-0.2, -0.15) is 0 Å². The van der Waals surface area contributed by atoms with Gasteiger partial charge in [0.15, 0.2) is 0 Å². The maximum Gasteiger partial charge on any atom is 0.335 e. The number of ether oxygens (including phenoxy) is 1. The first-order valence-electron chi connectivity index (χ1n) is 11.8. The van der Waals surface area contributed by atoms with Crippen LogP contribution in [0.1, 0.15) is 57.4 Å². The number of aromatic carboxylic acids is 1. The number of carbonyl (C=O) groups is 1. The van der Waals surface area contributed by atoms with Gasteiger partial charge in [0, 0.05) is 35.2 Å². The Balaban J connectivity index is 1.51. The molecule has 3 aromatic carbocycles. The largest absolute Gasteiger partial charge is 0.496 e. The summed E-state index contributed by atoms with van der Waals surface area (Å²) in [7, 11) is 1.74. The third kappa shape index (κ3) is 4.19. The molecule has 0 spiro atoms. The Kier molecular flexibility index (Phi) is 6.12. The summed E-state index contributed by atoms with van der Waals surface area (Å²) in [6, 6.07) is 22.5. The van der Waals surface area contributed by atoms with E-state index in [1.807, 2.05) is 18.3 Å². The van der Waals surface area contributed by atoms with Gasteiger partial charge >= 0.3 is 5.97 Å². The maximum atomic E-state index is 11.4. The number of aromatic amines is 1. The molecule has 174 valence electrons. The lowest BCUT2D eigenvalue weighted by Gasteiger charge is -2.40. The molecule has 0 aliphatic carbocycles. The van der Waals surface area contributed by atoms with Crippen LogP contribution < -0.4 is 4.74 Å². The molecule has 1 aliphatic rings. The molecule has 1 unspecified atom stereocenters. The van der Waals surface area contributed by atoms with Crippen LogP contribution in [0.15, 0.2) is 72.9 Å². The van der Waals surface area contributed by atoms with Crippen molar-refractivity contribution in [1.82, 2.24) is 9.88 Å². The number of nitrogens with one attached hydrogen (secondary N) is 1. The summed E-state index contributed by atoms with van der Waals surface area (Å²) in [6.07, 6.45) is 4.06. The first-order valence-corrected chi connectivity index (χ1v) is 11.8. The fraction of sp³-hybridized carbons (Fsp3) is 0.276. The summed E-state index contributed by atoms with van der Waals surface area (Å²) >= 11 is 0. The minimum atomic E-state index is -0.895. The van der Waals surface area contributed by atoms with Gasteiger partial charge in [-0.25, -0.2) is 4.79 Å². The number of aromatic nitrogens is 1. The minimum absolute atomic E-state index is 0.182. The lowest BCUT2D eigenvalue weighted by molar-refractivity contribution is 0.0696. The molecule has 0 bridgehead atoms. The first kappa shape index (κ1) is 22.2. The molecule has 4 aromatic rings. The zero-order valence-electron chi connectivity index (χ0n) is 19.6. The second-order valence-electron chi connectivity index (χ2n) is 9.19. The highest BCUT2D eigenvalue weighted by Gasteiger charge is 2.31. The zero-order chi connectivity index (χ0) is 23.7. The van der Waals surface area contributed by atoms with Crippen molar-refractivity contribution in [1.29, 1.82) is 0 Å². The highest BCUT2D eigenvalue weighted by Crippen LogP contribution is 2.42. The molecule has 2 heterocycles. The molecule has 1 aromatic heterocycles.